The van der Waals surface area contributed by atoms with Crippen molar-refractivity contribution in [1.29, 1.82) is 0 Å². The van der Waals surface area contributed by atoms with Crippen LogP contribution in [0.3, 0.4) is 0 Å². The number of rotatable bonds is 4. The third kappa shape index (κ3) is 3.44. The third-order valence-corrected chi connectivity index (χ3v) is 5.95. The number of methoxy groups -OCH3 is 1. The van der Waals surface area contributed by atoms with Crippen molar-refractivity contribution < 1.29 is 9.53 Å². The molecule has 2 N–H and O–H groups in total. The number of hydrogen-bond acceptors (Lipinski definition) is 4. The van der Waals surface area contributed by atoms with Gasteiger partial charge in [0, 0.05) is 18.5 Å². The molecule has 2 aromatic rings. The number of nitrogens with zero attached hydrogens (tertiary/aromatic N) is 2. The van der Waals surface area contributed by atoms with Crippen LogP contribution in [0.4, 0.5) is 5.82 Å². The minimum Gasteiger partial charge on any atom is -0.496 e. The fraction of sp³-hybridized carbons (Fsp3) is 0.500. The molecule has 0 radical (unpaired) electrons. The minimum absolute atomic E-state index is 0. The molecule has 7 heteroatoms. The van der Waals surface area contributed by atoms with E-state index in [1.54, 1.807) is 11.8 Å². The van der Waals surface area contributed by atoms with Gasteiger partial charge >= 0.3 is 0 Å². The summed E-state index contributed by atoms with van der Waals surface area (Å²) < 4.78 is 7.27. The first-order valence-electron chi connectivity index (χ1n) is 9.24. The first-order valence-corrected chi connectivity index (χ1v) is 9.24. The number of anilines is 1. The number of halogens is 1. The predicted molar refractivity (Wildman–Crippen MR) is 108 cm³/mol. The zero-order chi connectivity index (χ0) is 18.3. The van der Waals surface area contributed by atoms with Crippen LogP contribution in [0.25, 0.3) is 11.1 Å². The summed E-state index contributed by atoms with van der Waals surface area (Å²) in [4.78, 5) is 12.9. The second-order valence-electron chi connectivity index (χ2n) is 7.49. The molecule has 1 aromatic carbocycles. The van der Waals surface area contributed by atoms with E-state index in [2.05, 4.69) is 15.7 Å². The molecule has 146 valence electrons. The molecule has 1 unspecified atom stereocenters. The van der Waals surface area contributed by atoms with Crippen molar-refractivity contribution in [3.63, 3.8) is 0 Å². The van der Waals surface area contributed by atoms with E-state index in [4.69, 9.17) is 4.74 Å². The molecule has 2 aliphatic rings. The van der Waals surface area contributed by atoms with E-state index >= 15 is 0 Å². The van der Waals surface area contributed by atoms with Crippen LogP contribution in [0.15, 0.2) is 24.3 Å². The number of carbonyl (C=O) groups is 1. The Kier molecular flexibility index (Phi) is 5.49. The van der Waals surface area contributed by atoms with Gasteiger partial charge in [-0.3, -0.25) is 9.48 Å². The van der Waals surface area contributed by atoms with Crippen LogP contribution in [0.2, 0.25) is 0 Å². The zero-order valence-corrected chi connectivity index (χ0v) is 16.9. The predicted octanol–water partition coefficient (Wildman–Crippen LogP) is 3.15. The fourth-order valence-electron chi connectivity index (χ4n) is 4.37. The summed E-state index contributed by atoms with van der Waals surface area (Å²) in [6.45, 7) is 3.99. The first kappa shape index (κ1) is 19.7. The summed E-state index contributed by atoms with van der Waals surface area (Å²) in [5, 5.41) is 11.1. The van der Waals surface area contributed by atoms with Crippen molar-refractivity contribution in [1.82, 2.24) is 15.1 Å². The summed E-state index contributed by atoms with van der Waals surface area (Å²) in [5.74, 6) is 1.75. The maximum absolute atomic E-state index is 12.9. The lowest BCUT2D eigenvalue weighted by Crippen LogP contribution is -2.31. The molecular formula is C20H27ClN4O2. The summed E-state index contributed by atoms with van der Waals surface area (Å²) in [6, 6.07) is 7.85. The summed E-state index contributed by atoms with van der Waals surface area (Å²) in [5.41, 5.74) is 2.97. The monoisotopic (exact) mass is 390 g/mol. The quantitative estimate of drug-likeness (QED) is 0.841. The molecule has 1 aliphatic heterocycles. The van der Waals surface area contributed by atoms with E-state index in [0.717, 1.165) is 60.7 Å². The van der Waals surface area contributed by atoms with Gasteiger partial charge in [-0.15, -0.1) is 12.4 Å². The van der Waals surface area contributed by atoms with Gasteiger partial charge in [-0.2, -0.15) is 5.10 Å². The normalized spacial score (nSPS) is 20.0. The van der Waals surface area contributed by atoms with Crippen LogP contribution in [0.5, 0.6) is 5.75 Å². The van der Waals surface area contributed by atoms with Gasteiger partial charge in [-0.05, 0) is 50.8 Å². The molecule has 27 heavy (non-hydrogen) atoms. The minimum atomic E-state index is 0. The number of para-hydroxylation sites is 1. The molecule has 2 heterocycles. The number of amides is 1. The Bertz CT molecular complexity index is 843. The van der Waals surface area contributed by atoms with E-state index in [-0.39, 0.29) is 29.6 Å². The number of aromatic nitrogens is 2. The van der Waals surface area contributed by atoms with Gasteiger partial charge in [-0.1, -0.05) is 18.2 Å². The number of piperidine rings is 1. The molecule has 0 bridgehead atoms. The Balaban J connectivity index is 0.00000210. The maximum Gasteiger partial charge on any atom is 0.229 e. The zero-order valence-electron chi connectivity index (χ0n) is 16.0. The van der Waals surface area contributed by atoms with Gasteiger partial charge in [0.25, 0.3) is 0 Å². The van der Waals surface area contributed by atoms with E-state index in [9.17, 15) is 4.79 Å². The molecular weight excluding hydrogens is 364 g/mol. The molecule has 1 atom stereocenters. The highest BCUT2D eigenvalue weighted by Crippen LogP contribution is 2.59. The largest absolute Gasteiger partial charge is 0.496 e. The highest BCUT2D eigenvalue weighted by molar-refractivity contribution is 5.98. The SMILES string of the molecule is COc1ccccc1-c1c(C)nn(C)c1NC(=O)C1CC12CCNCC2.Cl. The van der Waals surface area contributed by atoms with Crippen LogP contribution in [-0.4, -0.2) is 35.9 Å². The first-order chi connectivity index (χ1) is 12.6. The van der Waals surface area contributed by atoms with E-state index < -0.39 is 0 Å². The molecule has 6 nitrogen and oxygen atoms in total. The fourth-order valence-corrected chi connectivity index (χ4v) is 4.37. The van der Waals surface area contributed by atoms with Crippen molar-refractivity contribution in [3.05, 3.63) is 30.0 Å². The summed E-state index contributed by atoms with van der Waals surface area (Å²) >= 11 is 0. The number of ether oxygens (including phenoxy) is 1. The van der Waals surface area contributed by atoms with Crippen molar-refractivity contribution in [2.24, 2.45) is 18.4 Å². The van der Waals surface area contributed by atoms with Crippen molar-refractivity contribution in [2.45, 2.75) is 26.2 Å². The van der Waals surface area contributed by atoms with Crippen LogP contribution >= 0.6 is 12.4 Å². The summed E-state index contributed by atoms with van der Waals surface area (Å²) in [7, 11) is 3.53. The van der Waals surface area contributed by atoms with Gasteiger partial charge in [0.05, 0.1) is 18.4 Å². The van der Waals surface area contributed by atoms with E-state index in [1.165, 1.54) is 0 Å². The average Bonchev–Trinajstić information content (AvgIpc) is 3.26. The second kappa shape index (κ2) is 7.52. The lowest BCUT2D eigenvalue weighted by Gasteiger charge is -2.23. The molecule has 1 amide bonds. The van der Waals surface area contributed by atoms with Gasteiger partial charge < -0.3 is 15.4 Å². The molecule has 1 spiro atoms. The Morgan fingerprint density at radius 2 is 2.04 bits per heavy atom. The highest BCUT2D eigenvalue weighted by atomic mass is 35.5. The van der Waals surface area contributed by atoms with E-state index in [1.807, 2.05) is 38.2 Å². The number of benzene rings is 1. The number of hydrogen-bond donors (Lipinski definition) is 2. The standard InChI is InChI=1S/C20H26N4O2.ClH/c1-13-17(14-6-4-5-7-16(14)26-3)18(24(2)23-13)22-19(25)15-12-20(15)8-10-21-11-9-20;/h4-7,15,21H,8-12H2,1-3H3,(H,22,25);1H. The average molecular weight is 391 g/mol. The number of nitrogens with one attached hydrogen (secondary N) is 2. The smallest absolute Gasteiger partial charge is 0.229 e. The lowest BCUT2D eigenvalue weighted by atomic mass is 9.92. The third-order valence-electron chi connectivity index (χ3n) is 5.95. The molecule has 1 aromatic heterocycles. The van der Waals surface area contributed by atoms with Crippen LogP contribution in [0.1, 0.15) is 25.0 Å². The molecule has 1 saturated carbocycles. The van der Waals surface area contributed by atoms with E-state index in [0.29, 0.717) is 0 Å². The second-order valence-corrected chi connectivity index (χ2v) is 7.49. The number of carbonyl (C=O) groups excluding carboxylic acids is 1. The van der Waals surface area contributed by atoms with Crippen LogP contribution < -0.4 is 15.4 Å². The molecule has 2 fully saturated rings. The van der Waals surface area contributed by atoms with Gasteiger partial charge in [0.2, 0.25) is 5.91 Å². The van der Waals surface area contributed by atoms with Crippen molar-refractivity contribution in [3.8, 4) is 16.9 Å². The Hall–Kier alpha value is -2.05. The highest BCUT2D eigenvalue weighted by Gasteiger charge is 2.57. The Morgan fingerprint density at radius 3 is 2.74 bits per heavy atom. The summed E-state index contributed by atoms with van der Waals surface area (Å²) in [6.07, 6.45) is 3.19. The molecule has 1 aliphatic carbocycles. The van der Waals surface area contributed by atoms with Crippen LogP contribution in [-0.2, 0) is 11.8 Å². The van der Waals surface area contributed by atoms with Gasteiger partial charge in [-0.25, -0.2) is 0 Å². The maximum atomic E-state index is 12.9. The Labute approximate surface area is 166 Å². The van der Waals surface area contributed by atoms with Gasteiger partial charge in [0.15, 0.2) is 0 Å². The lowest BCUT2D eigenvalue weighted by molar-refractivity contribution is -0.118. The Morgan fingerprint density at radius 1 is 1.33 bits per heavy atom. The number of aryl methyl sites for hydroxylation is 2. The van der Waals surface area contributed by atoms with Crippen molar-refractivity contribution in [2.75, 3.05) is 25.5 Å². The van der Waals surface area contributed by atoms with Gasteiger partial charge in [0.1, 0.15) is 11.6 Å². The van der Waals surface area contributed by atoms with Crippen molar-refractivity contribution >= 4 is 24.1 Å². The molecule has 1 saturated heterocycles. The molecule has 4 rings (SSSR count). The van der Waals surface area contributed by atoms with Crippen LogP contribution in [0, 0.1) is 18.3 Å². The topological polar surface area (TPSA) is 68.2 Å².